The molecule has 1 spiro atoms. The van der Waals surface area contributed by atoms with Crippen molar-refractivity contribution >= 4 is 40.1 Å². The highest BCUT2D eigenvalue weighted by Crippen LogP contribution is 2.42. The van der Waals surface area contributed by atoms with Crippen LogP contribution in [0.4, 0.5) is 5.82 Å². The van der Waals surface area contributed by atoms with Gasteiger partial charge >= 0.3 is 0 Å². The average molecular weight is 445 g/mol. The third-order valence-corrected chi connectivity index (χ3v) is 7.96. The first-order chi connectivity index (χ1) is 14.4. The number of benzene rings is 1. The molecule has 30 heavy (non-hydrogen) atoms. The van der Waals surface area contributed by atoms with Gasteiger partial charge in [-0.05, 0) is 31.9 Å². The topological polar surface area (TPSA) is 82.1 Å². The van der Waals surface area contributed by atoms with Gasteiger partial charge in [0.2, 0.25) is 0 Å². The minimum Gasteiger partial charge on any atom is -0.376 e. The number of nitrogens with zero attached hydrogens (tertiary/aromatic N) is 5. The highest BCUT2D eigenvalue weighted by Gasteiger charge is 2.47. The Balaban J connectivity index is 1.27. The summed E-state index contributed by atoms with van der Waals surface area (Å²) in [6.45, 7) is 4.70. The summed E-state index contributed by atoms with van der Waals surface area (Å²) < 4.78 is 7.59. The van der Waals surface area contributed by atoms with Gasteiger partial charge in [0.05, 0.1) is 35.6 Å². The monoisotopic (exact) mass is 444 g/mol. The fraction of sp³-hybridized carbons (Fsp3) is 0.476. The second kappa shape index (κ2) is 7.67. The molecule has 4 heterocycles. The number of ether oxygens (including phenoxy) is 1. The van der Waals surface area contributed by atoms with Crippen molar-refractivity contribution in [3.05, 3.63) is 35.7 Å². The van der Waals surface area contributed by atoms with E-state index in [-0.39, 0.29) is 17.6 Å². The van der Waals surface area contributed by atoms with Gasteiger partial charge in [-0.3, -0.25) is 4.68 Å². The molecule has 0 unspecified atom stereocenters. The highest BCUT2D eigenvalue weighted by atomic mass is 35.5. The minimum atomic E-state index is 0.112. The van der Waals surface area contributed by atoms with E-state index in [9.17, 15) is 0 Å². The van der Waals surface area contributed by atoms with E-state index in [1.165, 1.54) is 11.8 Å². The number of fused-ring (bicyclic) bond motifs is 1. The molecule has 2 fully saturated rings. The maximum absolute atomic E-state index is 6.59. The molecule has 2 aliphatic heterocycles. The molecule has 5 rings (SSSR count). The summed E-state index contributed by atoms with van der Waals surface area (Å²) in [4.78, 5) is 12.5. The number of aromatic nitrogens is 4. The molecule has 0 amide bonds. The van der Waals surface area contributed by atoms with E-state index in [0.717, 1.165) is 59.2 Å². The summed E-state index contributed by atoms with van der Waals surface area (Å²) in [5.41, 5.74) is 7.42. The smallest absolute Gasteiger partial charge is 0.147 e. The quantitative estimate of drug-likeness (QED) is 0.661. The molecule has 1 aromatic carbocycles. The third kappa shape index (κ3) is 3.45. The maximum Gasteiger partial charge on any atom is 0.147 e. The van der Waals surface area contributed by atoms with Crippen LogP contribution in [0.5, 0.6) is 0 Å². The minimum absolute atomic E-state index is 0.112. The molecule has 0 radical (unpaired) electrons. The van der Waals surface area contributed by atoms with Crippen molar-refractivity contribution in [2.75, 3.05) is 24.6 Å². The highest BCUT2D eigenvalue weighted by molar-refractivity contribution is 7.99. The average Bonchev–Trinajstić information content (AvgIpc) is 3.27. The van der Waals surface area contributed by atoms with Crippen LogP contribution < -0.4 is 10.6 Å². The lowest BCUT2D eigenvalue weighted by molar-refractivity contribution is 0.0974. The van der Waals surface area contributed by atoms with Crippen molar-refractivity contribution < 1.29 is 4.74 Å². The molecule has 0 saturated carbocycles. The lowest BCUT2D eigenvalue weighted by Gasteiger charge is -2.41. The molecule has 0 aliphatic carbocycles. The lowest BCUT2D eigenvalue weighted by atomic mass is 9.73. The number of aryl methyl sites for hydroxylation is 1. The number of anilines is 1. The fourth-order valence-electron chi connectivity index (χ4n) is 4.53. The summed E-state index contributed by atoms with van der Waals surface area (Å²) in [5.74, 6) is 0.906. The summed E-state index contributed by atoms with van der Waals surface area (Å²) in [7, 11) is 1.89. The second-order valence-electron chi connectivity index (χ2n) is 8.32. The Bertz CT molecular complexity index is 1060. The van der Waals surface area contributed by atoms with Crippen molar-refractivity contribution in [2.45, 2.75) is 41.8 Å². The number of halogens is 1. The Morgan fingerprint density at radius 3 is 2.70 bits per heavy atom. The second-order valence-corrected chi connectivity index (χ2v) is 9.76. The van der Waals surface area contributed by atoms with Crippen LogP contribution in [-0.2, 0) is 11.8 Å². The van der Waals surface area contributed by atoms with Crippen LogP contribution >= 0.6 is 23.4 Å². The van der Waals surface area contributed by atoms with Gasteiger partial charge in [-0.15, -0.1) is 0 Å². The summed E-state index contributed by atoms with van der Waals surface area (Å²) in [6, 6.07) is 4.08. The molecule has 9 heteroatoms. The molecule has 3 aromatic rings. The zero-order valence-electron chi connectivity index (χ0n) is 17.1. The van der Waals surface area contributed by atoms with E-state index in [1.54, 1.807) is 4.68 Å². The van der Waals surface area contributed by atoms with Gasteiger partial charge in [0.25, 0.3) is 0 Å². The standard InChI is InChI=1S/C21H25ClN6OS/c1-13-20(23)21(12-29-13)5-7-28(8-6-21)17-9-25-18(10-24-17)30-16-4-3-15-14(19(16)22)11-27(2)26-15/h3-4,9-11,13,20H,5-8,12,23H2,1-2H3/t13-,20+/m0/s1. The van der Waals surface area contributed by atoms with Crippen LogP contribution in [0.15, 0.2) is 40.6 Å². The molecule has 2 aliphatic rings. The Hall–Kier alpha value is -1.87. The Morgan fingerprint density at radius 2 is 2.03 bits per heavy atom. The number of hydrogen-bond acceptors (Lipinski definition) is 7. The largest absolute Gasteiger partial charge is 0.376 e. The molecule has 158 valence electrons. The van der Waals surface area contributed by atoms with Crippen LogP contribution in [0.3, 0.4) is 0 Å². The van der Waals surface area contributed by atoms with E-state index in [1.807, 2.05) is 37.8 Å². The Labute approximate surface area is 184 Å². The van der Waals surface area contributed by atoms with Crippen LogP contribution in [-0.4, -0.2) is 51.6 Å². The van der Waals surface area contributed by atoms with Gasteiger partial charge in [0, 0.05) is 48.1 Å². The van der Waals surface area contributed by atoms with Crippen molar-refractivity contribution in [1.82, 2.24) is 19.7 Å². The molecule has 2 saturated heterocycles. The molecule has 0 bridgehead atoms. The number of rotatable bonds is 3. The van der Waals surface area contributed by atoms with Gasteiger partial charge in [-0.1, -0.05) is 23.4 Å². The zero-order valence-corrected chi connectivity index (χ0v) is 18.7. The predicted molar refractivity (Wildman–Crippen MR) is 119 cm³/mol. The maximum atomic E-state index is 6.59. The van der Waals surface area contributed by atoms with Crippen molar-refractivity contribution in [3.8, 4) is 0 Å². The molecule has 7 nitrogen and oxygen atoms in total. The van der Waals surface area contributed by atoms with Gasteiger partial charge in [0.15, 0.2) is 0 Å². The summed E-state index contributed by atoms with van der Waals surface area (Å²) >= 11 is 8.10. The van der Waals surface area contributed by atoms with Gasteiger partial charge in [0.1, 0.15) is 10.8 Å². The van der Waals surface area contributed by atoms with E-state index < -0.39 is 0 Å². The first kappa shape index (κ1) is 20.1. The van der Waals surface area contributed by atoms with Crippen molar-refractivity contribution in [1.29, 1.82) is 0 Å². The van der Waals surface area contributed by atoms with E-state index in [0.29, 0.717) is 5.02 Å². The fourth-order valence-corrected chi connectivity index (χ4v) is 5.63. The zero-order chi connectivity index (χ0) is 20.9. The third-order valence-electron chi connectivity index (χ3n) is 6.46. The SMILES string of the molecule is C[C@@H]1OCC2(CCN(c3cnc(Sc4ccc5nn(C)cc5c4Cl)cn3)CC2)[C@@H]1N. The van der Waals surface area contributed by atoms with E-state index in [4.69, 9.17) is 22.1 Å². The summed E-state index contributed by atoms with van der Waals surface area (Å²) in [6.07, 6.45) is 7.80. The molecule has 2 atom stereocenters. The Kier molecular flexibility index (Phi) is 5.13. The molecular weight excluding hydrogens is 420 g/mol. The van der Waals surface area contributed by atoms with Crippen LogP contribution in [0.2, 0.25) is 5.02 Å². The van der Waals surface area contributed by atoms with Crippen LogP contribution in [0.1, 0.15) is 19.8 Å². The Morgan fingerprint density at radius 1 is 1.23 bits per heavy atom. The van der Waals surface area contributed by atoms with Crippen molar-refractivity contribution in [2.24, 2.45) is 18.2 Å². The summed E-state index contributed by atoms with van der Waals surface area (Å²) in [5, 5.41) is 6.85. The molecular formula is C21H25ClN6OS. The lowest BCUT2D eigenvalue weighted by Crippen LogP contribution is -2.50. The number of piperidine rings is 1. The number of nitrogens with two attached hydrogens (primary N) is 1. The first-order valence-electron chi connectivity index (χ1n) is 10.2. The van der Waals surface area contributed by atoms with E-state index >= 15 is 0 Å². The van der Waals surface area contributed by atoms with Gasteiger partial charge in [-0.25, -0.2) is 9.97 Å². The molecule has 2 N–H and O–H groups in total. The molecule has 2 aromatic heterocycles. The van der Waals surface area contributed by atoms with Gasteiger partial charge in [-0.2, -0.15) is 5.10 Å². The number of hydrogen-bond donors (Lipinski definition) is 1. The van der Waals surface area contributed by atoms with Crippen molar-refractivity contribution in [3.63, 3.8) is 0 Å². The van der Waals surface area contributed by atoms with Gasteiger partial charge < -0.3 is 15.4 Å². The predicted octanol–water partition coefficient (Wildman–Crippen LogP) is 3.50. The van der Waals surface area contributed by atoms with Crippen LogP contribution in [0.25, 0.3) is 10.9 Å². The first-order valence-corrected chi connectivity index (χ1v) is 11.4. The normalized spacial score (nSPS) is 23.5. The van der Waals surface area contributed by atoms with E-state index in [2.05, 4.69) is 26.9 Å². The van der Waals surface area contributed by atoms with Crippen LogP contribution in [0, 0.1) is 5.41 Å².